The van der Waals surface area contributed by atoms with Crippen molar-refractivity contribution in [1.29, 1.82) is 0 Å². The lowest BCUT2D eigenvalue weighted by molar-refractivity contribution is -0.116. The van der Waals surface area contributed by atoms with Crippen LogP contribution in [0.1, 0.15) is 23.7 Å². The molecule has 2 amide bonds. The van der Waals surface area contributed by atoms with Crippen LogP contribution in [0, 0.1) is 19.7 Å². The van der Waals surface area contributed by atoms with Crippen molar-refractivity contribution >= 4 is 28.8 Å². The van der Waals surface area contributed by atoms with Gasteiger partial charge in [-0.25, -0.2) is 9.37 Å². The van der Waals surface area contributed by atoms with Crippen LogP contribution in [0.5, 0.6) is 0 Å². The van der Waals surface area contributed by atoms with Crippen molar-refractivity contribution in [1.82, 2.24) is 9.38 Å². The molecule has 0 aliphatic carbocycles. The third-order valence-corrected chi connectivity index (χ3v) is 5.11. The summed E-state index contributed by atoms with van der Waals surface area (Å²) < 4.78 is 15.7. The summed E-state index contributed by atoms with van der Waals surface area (Å²) in [5.41, 5.74) is 5.67. The van der Waals surface area contributed by atoms with Crippen molar-refractivity contribution in [3.63, 3.8) is 0 Å². The van der Waals surface area contributed by atoms with Gasteiger partial charge in [0, 0.05) is 30.1 Å². The molecule has 2 heterocycles. The summed E-state index contributed by atoms with van der Waals surface area (Å²) in [6, 6.07) is 15.6. The van der Waals surface area contributed by atoms with Crippen LogP contribution in [-0.2, 0) is 16.0 Å². The van der Waals surface area contributed by atoms with Gasteiger partial charge in [-0.05, 0) is 73.5 Å². The standard InChI is InChI=1S/C25H23FN4O2/c1-15-4-11-23-29-25(18-5-10-21(26)16(2)12-18)22(30(23)14-15)13-24(32)28-20-8-6-19(7-9-20)27-17(3)31/h4-12,14H,13H2,1-3H3,(H,27,31)(H,28,32). The summed E-state index contributed by atoms with van der Waals surface area (Å²) in [6.07, 6.45) is 2.02. The molecule has 4 rings (SSSR count). The summed E-state index contributed by atoms with van der Waals surface area (Å²) in [4.78, 5) is 28.8. The van der Waals surface area contributed by atoms with E-state index in [1.165, 1.54) is 13.0 Å². The van der Waals surface area contributed by atoms with Crippen LogP contribution < -0.4 is 10.6 Å². The van der Waals surface area contributed by atoms with Gasteiger partial charge in [0.25, 0.3) is 0 Å². The predicted octanol–water partition coefficient (Wildman–Crippen LogP) is 4.90. The van der Waals surface area contributed by atoms with Gasteiger partial charge in [-0.15, -0.1) is 0 Å². The number of carbonyl (C=O) groups excluding carboxylic acids is 2. The maximum atomic E-state index is 13.8. The summed E-state index contributed by atoms with van der Waals surface area (Å²) in [5, 5.41) is 5.58. The van der Waals surface area contributed by atoms with Gasteiger partial charge in [-0.1, -0.05) is 6.07 Å². The Morgan fingerprint density at radius 2 is 1.66 bits per heavy atom. The third-order valence-electron chi connectivity index (χ3n) is 5.11. The van der Waals surface area contributed by atoms with Crippen molar-refractivity contribution in [2.24, 2.45) is 0 Å². The molecule has 2 N–H and O–H groups in total. The van der Waals surface area contributed by atoms with E-state index in [1.807, 2.05) is 29.7 Å². The minimum Gasteiger partial charge on any atom is -0.326 e. The number of fused-ring (bicyclic) bond motifs is 1. The van der Waals surface area contributed by atoms with Gasteiger partial charge in [-0.2, -0.15) is 0 Å². The molecule has 0 aliphatic heterocycles. The van der Waals surface area contributed by atoms with E-state index in [9.17, 15) is 14.0 Å². The van der Waals surface area contributed by atoms with Gasteiger partial charge in [-0.3, -0.25) is 9.59 Å². The van der Waals surface area contributed by atoms with Crippen LogP contribution in [-0.4, -0.2) is 21.2 Å². The molecule has 0 spiro atoms. The fourth-order valence-corrected chi connectivity index (χ4v) is 3.59. The fraction of sp³-hybridized carbons (Fsp3) is 0.160. The van der Waals surface area contributed by atoms with Crippen LogP contribution >= 0.6 is 0 Å². The zero-order chi connectivity index (χ0) is 22.8. The first kappa shape index (κ1) is 21.2. The van der Waals surface area contributed by atoms with E-state index in [1.54, 1.807) is 43.3 Å². The number of hydrogen-bond donors (Lipinski definition) is 2. The molecular weight excluding hydrogens is 407 g/mol. The first-order valence-corrected chi connectivity index (χ1v) is 10.2. The lowest BCUT2D eigenvalue weighted by atomic mass is 10.1. The van der Waals surface area contributed by atoms with Crippen LogP contribution in [0.25, 0.3) is 16.9 Å². The van der Waals surface area contributed by atoms with E-state index in [0.717, 1.165) is 22.5 Å². The van der Waals surface area contributed by atoms with Crippen molar-refractivity contribution < 1.29 is 14.0 Å². The van der Waals surface area contributed by atoms with Crippen LogP contribution in [0.4, 0.5) is 15.8 Å². The Bertz CT molecular complexity index is 1330. The number of amides is 2. The highest BCUT2D eigenvalue weighted by Crippen LogP contribution is 2.27. The topological polar surface area (TPSA) is 75.5 Å². The quantitative estimate of drug-likeness (QED) is 0.473. The van der Waals surface area contributed by atoms with E-state index in [0.29, 0.717) is 22.6 Å². The second kappa shape index (κ2) is 8.63. The van der Waals surface area contributed by atoms with Crippen molar-refractivity contribution in [2.45, 2.75) is 27.2 Å². The molecule has 2 aromatic heterocycles. The molecule has 0 aliphatic rings. The molecule has 0 saturated carbocycles. The number of rotatable bonds is 5. The number of hydrogen-bond acceptors (Lipinski definition) is 3. The number of anilines is 2. The van der Waals surface area contributed by atoms with Crippen molar-refractivity contribution in [3.8, 4) is 11.3 Å². The zero-order valence-electron chi connectivity index (χ0n) is 18.1. The number of benzene rings is 2. The molecule has 0 unspecified atom stereocenters. The number of nitrogens with zero attached hydrogens (tertiary/aromatic N) is 2. The Kier molecular flexibility index (Phi) is 5.73. The number of nitrogens with one attached hydrogen (secondary N) is 2. The minimum absolute atomic E-state index is 0.0871. The highest BCUT2D eigenvalue weighted by molar-refractivity contribution is 5.94. The Hall–Kier alpha value is -4.00. The minimum atomic E-state index is -0.282. The van der Waals surface area contributed by atoms with Gasteiger partial charge < -0.3 is 15.0 Å². The van der Waals surface area contributed by atoms with Crippen molar-refractivity contribution in [3.05, 3.63) is 83.4 Å². The SMILES string of the molecule is CC(=O)Nc1ccc(NC(=O)Cc2c(-c3ccc(F)c(C)c3)nc3ccc(C)cn23)cc1. The average Bonchev–Trinajstić information content (AvgIpc) is 3.08. The average molecular weight is 430 g/mol. The molecule has 0 atom stereocenters. The van der Waals surface area contributed by atoms with Crippen LogP contribution in [0.2, 0.25) is 0 Å². The van der Waals surface area contributed by atoms with Crippen LogP contribution in [0.3, 0.4) is 0 Å². The second-order valence-electron chi connectivity index (χ2n) is 7.79. The first-order chi connectivity index (χ1) is 15.3. The van der Waals surface area contributed by atoms with Gasteiger partial charge >= 0.3 is 0 Å². The molecular formula is C25H23FN4O2. The number of pyridine rings is 1. The molecule has 6 nitrogen and oxygen atoms in total. The maximum absolute atomic E-state index is 13.8. The van der Waals surface area contributed by atoms with Crippen LogP contribution in [0.15, 0.2) is 60.8 Å². The smallest absolute Gasteiger partial charge is 0.230 e. The number of aromatic nitrogens is 2. The predicted molar refractivity (Wildman–Crippen MR) is 123 cm³/mol. The summed E-state index contributed by atoms with van der Waals surface area (Å²) in [5.74, 6) is -0.649. The van der Waals surface area contributed by atoms with Crippen molar-refractivity contribution in [2.75, 3.05) is 10.6 Å². The summed E-state index contributed by atoms with van der Waals surface area (Å²) in [6.45, 7) is 5.12. The van der Waals surface area contributed by atoms with Gasteiger partial charge in [0.05, 0.1) is 17.8 Å². The molecule has 2 aromatic carbocycles. The molecule has 7 heteroatoms. The highest BCUT2D eigenvalue weighted by Gasteiger charge is 2.18. The van der Waals surface area contributed by atoms with Gasteiger partial charge in [0.2, 0.25) is 11.8 Å². The van der Waals surface area contributed by atoms with Gasteiger partial charge in [0.1, 0.15) is 11.5 Å². The number of halogens is 1. The lowest BCUT2D eigenvalue weighted by Gasteiger charge is -2.09. The van der Waals surface area contributed by atoms with E-state index in [4.69, 9.17) is 4.98 Å². The van der Waals surface area contributed by atoms with E-state index >= 15 is 0 Å². The molecule has 0 bridgehead atoms. The van der Waals surface area contributed by atoms with E-state index in [-0.39, 0.29) is 24.1 Å². The Morgan fingerprint density at radius 1 is 0.969 bits per heavy atom. The molecule has 4 aromatic rings. The lowest BCUT2D eigenvalue weighted by Crippen LogP contribution is -2.16. The molecule has 0 radical (unpaired) electrons. The highest BCUT2D eigenvalue weighted by atomic mass is 19.1. The normalized spacial score (nSPS) is 10.9. The van der Waals surface area contributed by atoms with E-state index in [2.05, 4.69) is 10.6 Å². The number of imidazole rings is 1. The Balaban J connectivity index is 1.65. The number of carbonyl (C=O) groups is 2. The second-order valence-corrected chi connectivity index (χ2v) is 7.79. The largest absolute Gasteiger partial charge is 0.326 e. The van der Waals surface area contributed by atoms with E-state index < -0.39 is 0 Å². The third kappa shape index (κ3) is 4.51. The zero-order valence-corrected chi connectivity index (χ0v) is 18.1. The Morgan fingerprint density at radius 3 is 2.31 bits per heavy atom. The molecule has 32 heavy (non-hydrogen) atoms. The first-order valence-electron chi connectivity index (χ1n) is 10.2. The summed E-state index contributed by atoms with van der Waals surface area (Å²) >= 11 is 0. The molecule has 0 fully saturated rings. The molecule has 162 valence electrons. The Labute approximate surface area is 185 Å². The summed E-state index contributed by atoms with van der Waals surface area (Å²) in [7, 11) is 0. The molecule has 0 saturated heterocycles. The fourth-order valence-electron chi connectivity index (χ4n) is 3.59. The number of aryl methyl sites for hydroxylation is 2. The van der Waals surface area contributed by atoms with Gasteiger partial charge in [0.15, 0.2) is 0 Å². The monoisotopic (exact) mass is 430 g/mol. The maximum Gasteiger partial charge on any atom is 0.230 e.